The molecule has 1 saturated carbocycles. The van der Waals surface area contributed by atoms with E-state index in [0.717, 1.165) is 19.5 Å². The predicted molar refractivity (Wildman–Crippen MR) is 66.4 cm³/mol. The minimum Gasteiger partial charge on any atom is -0.481 e. The van der Waals surface area contributed by atoms with Gasteiger partial charge in [-0.25, -0.2) is 0 Å². The Kier molecular flexibility index (Phi) is 2.54. The van der Waals surface area contributed by atoms with E-state index in [2.05, 4.69) is 23.1 Å². The summed E-state index contributed by atoms with van der Waals surface area (Å²) in [6.45, 7) is 2.23. The molecule has 0 amide bonds. The van der Waals surface area contributed by atoms with E-state index in [-0.39, 0.29) is 11.8 Å². The Morgan fingerprint density at radius 2 is 1.94 bits per heavy atom. The highest BCUT2D eigenvalue weighted by Gasteiger charge is 2.45. The van der Waals surface area contributed by atoms with Crippen LogP contribution in [-0.4, -0.2) is 24.2 Å². The molecule has 1 N–H and O–H groups in total. The maximum Gasteiger partial charge on any atom is 0.307 e. The molecule has 3 rings (SSSR count). The number of rotatable bonds is 3. The normalized spacial score (nSPS) is 27.2. The van der Waals surface area contributed by atoms with E-state index in [1.807, 2.05) is 6.07 Å². The third kappa shape index (κ3) is 1.90. The maximum absolute atomic E-state index is 11.0. The molecule has 0 bridgehead atoms. The van der Waals surface area contributed by atoms with Crippen molar-refractivity contribution in [2.24, 2.45) is 5.92 Å². The van der Waals surface area contributed by atoms with Crippen molar-refractivity contribution >= 4 is 11.7 Å². The lowest BCUT2D eigenvalue weighted by Crippen LogP contribution is -2.19. The van der Waals surface area contributed by atoms with Gasteiger partial charge in [0.25, 0.3) is 0 Å². The fourth-order valence-electron chi connectivity index (χ4n) is 2.86. The van der Waals surface area contributed by atoms with E-state index in [9.17, 15) is 4.79 Å². The number of para-hydroxylation sites is 1. The quantitative estimate of drug-likeness (QED) is 0.868. The zero-order chi connectivity index (χ0) is 11.8. The first-order chi connectivity index (χ1) is 8.27. The van der Waals surface area contributed by atoms with Gasteiger partial charge in [-0.05, 0) is 30.9 Å². The molecule has 17 heavy (non-hydrogen) atoms. The van der Waals surface area contributed by atoms with Crippen molar-refractivity contribution in [1.82, 2.24) is 0 Å². The van der Waals surface area contributed by atoms with Gasteiger partial charge in [0.1, 0.15) is 0 Å². The van der Waals surface area contributed by atoms with Gasteiger partial charge >= 0.3 is 5.97 Å². The summed E-state index contributed by atoms with van der Waals surface area (Å²) in [7, 11) is 0. The largest absolute Gasteiger partial charge is 0.481 e. The number of hydrogen-bond acceptors (Lipinski definition) is 2. The lowest BCUT2D eigenvalue weighted by molar-refractivity contribution is -0.138. The molecule has 0 aromatic heterocycles. The van der Waals surface area contributed by atoms with Gasteiger partial charge in [-0.15, -0.1) is 0 Å². The highest BCUT2D eigenvalue weighted by molar-refractivity contribution is 5.76. The molecule has 2 aliphatic rings. The Hall–Kier alpha value is -1.51. The molecule has 1 aromatic carbocycles. The minimum absolute atomic E-state index is 0.154. The number of hydrogen-bond donors (Lipinski definition) is 1. The average Bonchev–Trinajstić information content (AvgIpc) is 2.96. The summed E-state index contributed by atoms with van der Waals surface area (Å²) in [5, 5.41) is 9.03. The number of aliphatic carboxylic acids is 1. The molecule has 2 fully saturated rings. The number of carboxylic acids is 1. The zero-order valence-corrected chi connectivity index (χ0v) is 9.80. The van der Waals surface area contributed by atoms with Gasteiger partial charge < -0.3 is 10.0 Å². The molecule has 1 saturated heterocycles. The smallest absolute Gasteiger partial charge is 0.307 e. The monoisotopic (exact) mass is 231 g/mol. The third-order valence-corrected chi connectivity index (χ3v) is 3.89. The summed E-state index contributed by atoms with van der Waals surface area (Å²) in [5.74, 6) is -0.561. The summed E-state index contributed by atoms with van der Waals surface area (Å²) < 4.78 is 0. The molecule has 3 heteroatoms. The lowest BCUT2D eigenvalue weighted by atomic mass is 10.1. The van der Waals surface area contributed by atoms with Crippen LogP contribution < -0.4 is 4.90 Å². The first-order valence-electron chi connectivity index (χ1n) is 6.34. The van der Waals surface area contributed by atoms with Gasteiger partial charge in [-0.1, -0.05) is 18.2 Å². The van der Waals surface area contributed by atoms with Gasteiger partial charge in [0.15, 0.2) is 0 Å². The molecular formula is C14H17NO2. The van der Waals surface area contributed by atoms with Crippen LogP contribution >= 0.6 is 0 Å². The summed E-state index contributed by atoms with van der Waals surface area (Å²) in [6, 6.07) is 8.31. The predicted octanol–water partition coefficient (Wildman–Crippen LogP) is 2.47. The molecule has 0 spiro atoms. The molecule has 1 heterocycles. The Morgan fingerprint density at radius 1 is 1.24 bits per heavy atom. The summed E-state index contributed by atoms with van der Waals surface area (Å²) >= 11 is 0. The Balaban J connectivity index is 1.87. The minimum atomic E-state index is -0.647. The number of carbonyl (C=O) groups is 1. The SMILES string of the molecule is O=C(O)C1CC1c1ccccc1N1CCCC1. The fraction of sp³-hybridized carbons (Fsp3) is 0.500. The molecule has 0 radical (unpaired) electrons. The first kappa shape index (κ1) is 10.6. The average molecular weight is 231 g/mol. The van der Waals surface area contributed by atoms with Crippen molar-refractivity contribution < 1.29 is 9.90 Å². The maximum atomic E-state index is 11.0. The highest BCUT2D eigenvalue weighted by Crippen LogP contribution is 2.50. The second-order valence-corrected chi connectivity index (χ2v) is 5.04. The molecule has 2 atom stereocenters. The molecule has 1 aliphatic carbocycles. The van der Waals surface area contributed by atoms with Crippen LogP contribution in [0, 0.1) is 5.92 Å². The van der Waals surface area contributed by atoms with Gasteiger partial charge in [0.2, 0.25) is 0 Å². The van der Waals surface area contributed by atoms with Crippen molar-refractivity contribution in [3.63, 3.8) is 0 Å². The second kappa shape index (κ2) is 4.06. The van der Waals surface area contributed by atoms with E-state index in [1.165, 1.54) is 24.1 Å². The third-order valence-electron chi connectivity index (χ3n) is 3.89. The van der Waals surface area contributed by atoms with Crippen LogP contribution in [0.4, 0.5) is 5.69 Å². The second-order valence-electron chi connectivity index (χ2n) is 5.04. The van der Waals surface area contributed by atoms with Crippen molar-refractivity contribution in [2.75, 3.05) is 18.0 Å². The van der Waals surface area contributed by atoms with Gasteiger partial charge in [-0.2, -0.15) is 0 Å². The summed E-state index contributed by atoms with van der Waals surface area (Å²) in [4.78, 5) is 13.4. The molecule has 3 nitrogen and oxygen atoms in total. The standard InChI is InChI=1S/C14H17NO2/c16-14(17)12-9-11(12)10-5-1-2-6-13(10)15-7-3-4-8-15/h1-2,5-6,11-12H,3-4,7-9H2,(H,16,17). The Bertz CT molecular complexity index is 438. The summed E-state index contributed by atoms with van der Waals surface area (Å²) in [5.41, 5.74) is 2.50. The van der Waals surface area contributed by atoms with E-state index in [0.29, 0.717) is 0 Å². The van der Waals surface area contributed by atoms with Crippen LogP contribution in [0.5, 0.6) is 0 Å². The molecular weight excluding hydrogens is 214 g/mol. The Labute approximate surface area is 101 Å². The fourth-order valence-corrected chi connectivity index (χ4v) is 2.86. The topological polar surface area (TPSA) is 40.5 Å². The number of nitrogens with zero attached hydrogens (tertiary/aromatic N) is 1. The molecule has 90 valence electrons. The van der Waals surface area contributed by atoms with Crippen LogP contribution in [0.3, 0.4) is 0 Å². The van der Waals surface area contributed by atoms with Gasteiger partial charge in [0.05, 0.1) is 5.92 Å². The van der Waals surface area contributed by atoms with Crippen molar-refractivity contribution in [3.8, 4) is 0 Å². The zero-order valence-electron chi connectivity index (χ0n) is 9.80. The van der Waals surface area contributed by atoms with Crippen molar-refractivity contribution in [2.45, 2.75) is 25.2 Å². The van der Waals surface area contributed by atoms with Gasteiger partial charge in [-0.3, -0.25) is 4.79 Å². The van der Waals surface area contributed by atoms with Crippen LogP contribution in [0.2, 0.25) is 0 Å². The highest BCUT2D eigenvalue weighted by atomic mass is 16.4. The first-order valence-corrected chi connectivity index (χ1v) is 6.34. The molecule has 1 aliphatic heterocycles. The number of benzene rings is 1. The van der Waals surface area contributed by atoms with Crippen LogP contribution in [-0.2, 0) is 4.79 Å². The molecule has 2 unspecified atom stereocenters. The van der Waals surface area contributed by atoms with Crippen LogP contribution in [0.15, 0.2) is 24.3 Å². The molecule has 1 aromatic rings. The van der Waals surface area contributed by atoms with E-state index in [4.69, 9.17) is 5.11 Å². The lowest BCUT2D eigenvalue weighted by Gasteiger charge is -2.21. The van der Waals surface area contributed by atoms with Crippen LogP contribution in [0.1, 0.15) is 30.7 Å². The van der Waals surface area contributed by atoms with Crippen LogP contribution in [0.25, 0.3) is 0 Å². The van der Waals surface area contributed by atoms with E-state index < -0.39 is 5.97 Å². The number of anilines is 1. The van der Waals surface area contributed by atoms with Crippen molar-refractivity contribution in [1.29, 1.82) is 0 Å². The van der Waals surface area contributed by atoms with E-state index in [1.54, 1.807) is 0 Å². The summed E-state index contributed by atoms with van der Waals surface area (Å²) in [6.07, 6.45) is 3.31. The van der Waals surface area contributed by atoms with E-state index >= 15 is 0 Å². The Morgan fingerprint density at radius 3 is 2.59 bits per heavy atom. The van der Waals surface area contributed by atoms with Gasteiger partial charge in [0, 0.05) is 24.7 Å². The number of carboxylic acid groups (broad SMARTS) is 1. The van der Waals surface area contributed by atoms with Crippen molar-refractivity contribution in [3.05, 3.63) is 29.8 Å².